The summed E-state index contributed by atoms with van der Waals surface area (Å²) in [6.07, 6.45) is 9.61. The molecular weight excluding hydrogens is 355 g/mol. The Hall–Kier alpha value is -3.06. The lowest BCUT2D eigenvalue weighted by Crippen LogP contribution is -2.42. The van der Waals surface area contributed by atoms with E-state index in [9.17, 15) is 4.39 Å². The summed E-state index contributed by atoms with van der Waals surface area (Å²) >= 11 is 0. The first-order valence-electron chi connectivity index (χ1n) is 9.59. The lowest BCUT2D eigenvalue weighted by atomic mass is 9.91. The fraction of sp³-hybridized carbons (Fsp3) is 0.286. The quantitative estimate of drug-likeness (QED) is 0.503. The van der Waals surface area contributed by atoms with Crippen molar-refractivity contribution in [1.29, 1.82) is 0 Å². The number of anilines is 1. The van der Waals surface area contributed by atoms with E-state index in [4.69, 9.17) is 10.7 Å². The second kappa shape index (κ2) is 6.83. The van der Waals surface area contributed by atoms with Crippen LogP contribution in [0.4, 0.5) is 10.3 Å². The van der Waals surface area contributed by atoms with Gasteiger partial charge < -0.3 is 16.0 Å². The number of hydrogen-bond donors (Lipinski definition) is 3. The van der Waals surface area contributed by atoms with Crippen molar-refractivity contribution in [3.8, 4) is 11.3 Å². The Bertz CT molecular complexity index is 1150. The third kappa shape index (κ3) is 2.97. The zero-order valence-electron chi connectivity index (χ0n) is 15.3. The average Bonchev–Trinajstić information content (AvgIpc) is 3.15. The highest BCUT2D eigenvalue weighted by atomic mass is 19.1. The third-order valence-corrected chi connectivity index (χ3v) is 5.52. The van der Waals surface area contributed by atoms with E-state index in [1.54, 1.807) is 24.7 Å². The van der Waals surface area contributed by atoms with Crippen LogP contribution in [0.25, 0.3) is 33.1 Å². The van der Waals surface area contributed by atoms with E-state index in [2.05, 4.69) is 20.3 Å². The molecule has 142 valence electrons. The minimum Gasteiger partial charge on any atom is -0.352 e. The van der Waals surface area contributed by atoms with Gasteiger partial charge in [-0.3, -0.25) is 4.98 Å². The Kier molecular flexibility index (Phi) is 4.16. The molecule has 0 unspecified atom stereocenters. The molecule has 6 nitrogen and oxygen atoms in total. The largest absolute Gasteiger partial charge is 0.352 e. The van der Waals surface area contributed by atoms with Crippen molar-refractivity contribution in [3.63, 3.8) is 0 Å². The molecule has 1 aromatic carbocycles. The number of aromatic amines is 1. The molecule has 0 saturated heterocycles. The fourth-order valence-electron chi connectivity index (χ4n) is 3.99. The molecule has 28 heavy (non-hydrogen) atoms. The molecule has 3 heterocycles. The summed E-state index contributed by atoms with van der Waals surface area (Å²) in [5.41, 5.74) is 9.08. The van der Waals surface area contributed by atoms with Crippen LogP contribution in [-0.4, -0.2) is 32.0 Å². The van der Waals surface area contributed by atoms with Crippen molar-refractivity contribution >= 4 is 27.8 Å². The first-order chi connectivity index (χ1) is 13.7. The maximum atomic E-state index is 14.1. The van der Waals surface area contributed by atoms with Crippen LogP contribution >= 0.6 is 0 Å². The third-order valence-electron chi connectivity index (χ3n) is 5.52. The predicted molar refractivity (Wildman–Crippen MR) is 108 cm³/mol. The molecule has 2 atom stereocenters. The summed E-state index contributed by atoms with van der Waals surface area (Å²) in [4.78, 5) is 16.6. The van der Waals surface area contributed by atoms with Crippen molar-refractivity contribution in [2.45, 2.75) is 37.8 Å². The molecule has 1 aliphatic rings. The number of nitrogens with one attached hydrogen (secondary N) is 2. The normalized spacial score (nSPS) is 19.9. The second-order valence-electron chi connectivity index (χ2n) is 7.40. The Morgan fingerprint density at radius 1 is 1.11 bits per heavy atom. The summed E-state index contributed by atoms with van der Waals surface area (Å²) in [5.74, 6) is 0.282. The maximum absolute atomic E-state index is 14.1. The number of benzene rings is 1. The smallest absolute Gasteiger partial charge is 0.223 e. The van der Waals surface area contributed by atoms with Gasteiger partial charge in [-0.15, -0.1) is 0 Å². The van der Waals surface area contributed by atoms with Gasteiger partial charge in [0, 0.05) is 47.0 Å². The lowest BCUT2D eigenvalue weighted by Gasteiger charge is -2.29. The number of halogens is 1. The molecule has 4 aromatic rings. The number of nitrogens with two attached hydrogens (primary N) is 1. The maximum Gasteiger partial charge on any atom is 0.223 e. The highest BCUT2D eigenvalue weighted by Crippen LogP contribution is 2.30. The van der Waals surface area contributed by atoms with Gasteiger partial charge in [-0.05, 0) is 25.0 Å². The van der Waals surface area contributed by atoms with Crippen LogP contribution in [0.2, 0.25) is 0 Å². The lowest BCUT2D eigenvalue weighted by molar-refractivity contribution is 0.402. The number of fused-ring (bicyclic) bond motifs is 2. The van der Waals surface area contributed by atoms with Crippen molar-refractivity contribution < 1.29 is 4.39 Å². The van der Waals surface area contributed by atoms with E-state index in [0.717, 1.165) is 46.8 Å². The molecule has 4 N–H and O–H groups in total. The van der Waals surface area contributed by atoms with E-state index in [0.29, 0.717) is 11.5 Å². The number of para-hydroxylation sites is 1. The molecule has 1 saturated carbocycles. The number of aromatic nitrogens is 4. The summed E-state index contributed by atoms with van der Waals surface area (Å²) in [5, 5.41) is 5.04. The molecular formula is C21H21FN6. The molecule has 0 spiro atoms. The first-order valence-corrected chi connectivity index (χ1v) is 9.59. The summed E-state index contributed by atoms with van der Waals surface area (Å²) in [6.45, 7) is 0. The zero-order chi connectivity index (χ0) is 19.1. The number of pyridine rings is 1. The van der Waals surface area contributed by atoms with Gasteiger partial charge in [-0.2, -0.15) is 0 Å². The van der Waals surface area contributed by atoms with E-state index in [1.807, 2.05) is 12.1 Å². The zero-order valence-corrected chi connectivity index (χ0v) is 15.3. The monoisotopic (exact) mass is 376 g/mol. The van der Waals surface area contributed by atoms with Gasteiger partial charge in [0.1, 0.15) is 5.82 Å². The van der Waals surface area contributed by atoms with E-state index in [-0.39, 0.29) is 17.9 Å². The van der Waals surface area contributed by atoms with Crippen molar-refractivity contribution in [3.05, 3.63) is 48.7 Å². The second-order valence-corrected chi connectivity index (χ2v) is 7.40. The van der Waals surface area contributed by atoms with Crippen LogP contribution in [0.1, 0.15) is 25.7 Å². The molecule has 0 radical (unpaired) electrons. The van der Waals surface area contributed by atoms with Gasteiger partial charge in [0.25, 0.3) is 0 Å². The Morgan fingerprint density at radius 3 is 2.86 bits per heavy atom. The van der Waals surface area contributed by atoms with Crippen LogP contribution in [0.3, 0.4) is 0 Å². The fourth-order valence-corrected chi connectivity index (χ4v) is 3.99. The number of nitrogens with zero attached hydrogens (tertiary/aromatic N) is 3. The van der Waals surface area contributed by atoms with Gasteiger partial charge in [-0.1, -0.05) is 25.0 Å². The Labute approximate surface area is 161 Å². The summed E-state index contributed by atoms with van der Waals surface area (Å²) in [7, 11) is 0. The van der Waals surface area contributed by atoms with Gasteiger partial charge >= 0.3 is 0 Å². The molecule has 3 aromatic heterocycles. The highest BCUT2D eigenvalue weighted by molar-refractivity contribution is 5.95. The molecule has 5 rings (SSSR count). The SMILES string of the molecule is N[C@H]1CCCC[C@H]1Nc1ncc2cncc(-c3cc4cccc(F)c4[nH]3)c2n1. The minimum absolute atomic E-state index is 0.113. The van der Waals surface area contributed by atoms with Crippen LogP contribution in [0.15, 0.2) is 42.9 Å². The minimum atomic E-state index is -0.278. The number of H-pyrrole nitrogens is 1. The van der Waals surface area contributed by atoms with E-state index >= 15 is 0 Å². The summed E-state index contributed by atoms with van der Waals surface area (Å²) < 4.78 is 14.1. The molecule has 7 heteroatoms. The van der Waals surface area contributed by atoms with Crippen LogP contribution in [0.5, 0.6) is 0 Å². The van der Waals surface area contributed by atoms with Crippen LogP contribution < -0.4 is 11.1 Å². The van der Waals surface area contributed by atoms with Crippen molar-refractivity contribution in [2.24, 2.45) is 5.73 Å². The van der Waals surface area contributed by atoms with Crippen LogP contribution in [0, 0.1) is 5.82 Å². The average molecular weight is 376 g/mol. The number of hydrogen-bond acceptors (Lipinski definition) is 5. The summed E-state index contributed by atoms with van der Waals surface area (Å²) in [6, 6.07) is 7.24. The molecule has 0 aliphatic heterocycles. The molecule has 0 amide bonds. The Balaban J connectivity index is 1.57. The van der Waals surface area contributed by atoms with Crippen molar-refractivity contribution in [2.75, 3.05) is 5.32 Å². The molecule has 1 aliphatic carbocycles. The Morgan fingerprint density at radius 2 is 2.00 bits per heavy atom. The highest BCUT2D eigenvalue weighted by Gasteiger charge is 2.22. The van der Waals surface area contributed by atoms with Crippen molar-refractivity contribution in [1.82, 2.24) is 19.9 Å². The number of rotatable bonds is 3. The van der Waals surface area contributed by atoms with Gasteiger partial charge in [0.2, 0.25) is 5.95 Å². The van der Waals surface area contributed by atoms with Crippen LogP contribution in [-0.2, 0) is 0 Å². The topological polar surface area (TPSA) is 92.5 Å². The molecule has 0 bridgehead atoms. The van der Waals surface area contributed by atoms with E-state index in [1.165, 1.54) is 12.5 Å². The standard InChI is InChI=1S/C21H21FN6/c22-15-5-3-4-12-8-18(26-20(12)15)14-11-24-9-13-10-25-21(28-19(13)14)27-17-7-2-1-6-16(17)23/h3-5,8-11,16-17,26H,1-2,6-7,23H2,(H,25,27,28)/t16-,17+/m0/s1. The van der Waals surface area contributed by atoms with Gasteiger partial charge in [0.05, 0.1) is 16.7 Å². The van der Waals surface area contributed by atoms with Gasteiger partial charge in [0.15, 0.2) is 0 Å². The predicted octanol–water partition coefficient (Wildman–Crippen LogP) is 3.99. The van der Waals surface area contributed by atoms with E-state index < -0.39 is 0 Å². The van der Waals surface area contributed by atoms with Gasteiger partial charge in [-0.25, -0.2) is 14.4 Å². The first kappa shape index (κ1) is 17.1. The molecule has 1 fully saturated rings.